The Hall–Kier alpha value is -2.14. The van der Waals surface area contributed by atoms with Crippen LogP contribution in [0, 0.1) is 0 Å². The summed E-state index contributed by atoms with van der Waals surface area (Å²) in [5, 5.41) is 0. The molecular weight excluding hydrogens is 426 g/mol. The SMILES string of the molecule is COCC1(c2nc3sc([S+](C)[O-])nc3c(=O)n2Cc2ccc(OC)cc2OC)CC1. The number of methoxy groups -OCH3 is 3. The summed E-state index contributed by atoms with van der Waals surface area (Å²) in [6, 6.07) is 5.49. The van der Waals surface area contributed by atoms with Crippen molar-refractivity contribution in [1.82, 2.24) is 14.5 Å². The summed E-state index contributed by atoms with van der Waals surface area (Å²) in [5.41, 5.74) is 0.528. The molecule has 1 atom stereocenters. The first-order valence-electron chi connectivity index (χ1n) is 9.37. The van der Waals surface area contributed by atoms with Crippen LogP contribution in [0.2, 0.25) is 0 Å². The van der Waals surface area contributed by atoms with Gasteiger partial charge in [0.05, 0.1) is 32.8 Å². The minimum Gasteiger partial charge on any atom is -0.610 e. The van der Waals surface area contributed by atoms with Crippen molar-refractivity contribution in [3.63, 3.8) is 0 Å². The van der Waals surface area contributed by atoms with Crippen molar-refractivity contribution >= 4 is 32.9 Å². The van der Waals surface area contributed by atoms with Crippen molar-refractivity contribution in [3.05, 3.63) is 39.9 Å². The van der Waals surface area contributed by atoms with Crippen LogP contribution in [-0.4, -0.2) is 53.3 Å². The molecule has 0 radical (unpaired) electrons. The maximum absolute atomic E-state index is 13.5. The lowest BCUT2D eigenvalue weighted by Gasteiger charge is -2.20. The zero-order chi connectivity index (χ0) is 21.5. The first kappa shape index (κ1) is 21.1. The highest BCUT2D eigenvalue weighted by atomic mass is 32.2. The lowest BCUT2D eigenvalue weighted by Crippen LogP contribution is -2.32. The van der Waals surface area contributed by atoms with Crippen molar-refractivity contribution in [3.8, 4) is 11.5 Å². The van der Waals surface area contributed by atoms with E-state index in [1.54, 1.807) is 38.2 Å². The maximum Gasteiger partial charge on any atom is 0.304 e. The van der Waals surface area contributed by atoms with E-state index in [-0.39, 0.29) is 23.0 Å². The standard InChI is InChI=1S/C20H23N3O5S2/c1-26-11-20(7-8-20)18-22-16-15(21-19(29-16)30(4)25)17(24)23(18)10-12-5-6-13(27-2)9-14(12)28-3/h5-6,9H,7-8,10-11H2,1-4H3. The number of rotatable bonds is 8. The molecule has 0 amide bonds. The molecule has 3 aromatic rings. The van der Waals surface area contributed by atoms with Crippen molar-refractivity contribution < 1.29 is 18.8 Å². The van der Waals surface area contributed by atoms with E-state index >= 15 is 0 Å². The monoisotopic (exact) mass is 449 g/mol. The topological polar surface area (TPSA) is 98.5 Å². The first-order valence-corrected chi connectivity index (χ1v) is 11.7. The van der Waals surface area contributed by atoms with Gasteiger partial charge in [0.25, 0.3) is 5.56 Å². The summed E-state index contributed by atoms with van der Waals surface area (Å²) in [6.45, 7) is 0.758. The van der Waals surface area contributed by atoms with E-state index in [0.717, 1.165) is 18.4 Å². The van der Waals surface area contributed by atoms with E-state index in [0.29, 0.717) is 33.1 Å². The van der Waals surface area contributed by atoms with Crippen LogP contribution in [0.3, 0.4) is 0 Å². The van der Waals surface area contributed by atoms with Crippen molar-refractivity contribution in [2.24, 2.45) is 0 Å². The van der Waals surface area contributed by atoms with Crippen LogP contribution in [0.4, 0.5) is 0 Å². The minimum absolute atomic E-state index is 0.245. The van der Waals surface area contributed by atoms with Crippen molar-refractivity contribution in [2.45, 2.75) is 29.1 Å². The summed E-state index contributed by atoms with van der Waals surface area (Å²) in [4.78, 5) is 23.1. The average Bonchev–Trinajstić information content (AvgIpc) is 3.38. The summed E-state index contributed by atoms with van der Waals surface area (Å²) in [5.74, 6) is 1.97. The molecule has 2 heterocycles. The molecule has 30 heavy (non-hydrogen) atoms. The molecule has 0 aliphatic heterocycles. The molecule has 1 aliphatic rings. The smallest absolute Gasteiger partial charge is 0.304 e. The number of benzene rings is 1. The summed E-state index contributed by atoms with van der Waals surface area (Å²) < 4.78 is 30.2. The number of thiazole rings is 1. The maximum atomic E-state index is 13.5. The fourth-order valence-electron chi connectivity index (χ4n) is 3.58. The van der Waals surface area contributed by atoms with Crippen molar-refractivity contribution in [1.29, 1.82) is 0 Å². The average molecular weight is 450 g/mol. The third kappa shape index (κ3) is 3.68. The van der Waals surface area contributed by atoms with Gasteiger partial charge in [0, 0.05) is 29.9 Å². The molecule has 0 saturated heterocycles. The van der Waals surface area contributed by atoms with E-state index in [1.807, 2.05) is 12.1 Å². The zero-order valence-corrected chi connectivity index (χ0v) is 18.9. The third-order valence-corrected chi connectivity index (χ3v) is 7.60. The summed E-state index contributed by atoms with van der Waals surface area (Å²) in [6.07, 6.45) is 3.33. The second-order valence-corrected chi connectivity index (χ2v) is 9.84. The number of aromatic nitrogens is 3. The van der Waals surface area contributed by atoms with Crippen LogP contribution in [0.15, 0.2) is 27.3 Å². The largest absolute Gasteiger partial charge is 0.610 e. The Labute approximate surface area is 181 Å². The Bertz CT molecular complexity index is 1140. The van der Waals surface area contributed by atoms with Gasteiger partial charge in [-0.2, -0.15) is 4.98 Å². The number of nitrogens with zero attached hydrogens (tertiary/aromatic N) is 3. The van der Waals surface area contributed by atoms with E-state index < -0.39 is 11.2 Å². The molecule has 10 heteroatoms. The van der Waals surface area contributed by atoms with Crippen LogP contribution in [0.5, 0.6) is 11.5 Å². The van der Waals surface area contributed by atoms with Crippen molar-refractivity contribution in [2.75, 3.05) is 34.2 Å². The minimum atomic E-state index is -1.28. The van der Waals surface area contributed by atoms with Crippen LogP contribution < -0.4 is 15.0 Å². The molecule has 8 nitrogen and oxygen atoms in total. The molecule has 1 unspecified atom stereocenters. The second-order valence-electron chi connectivity index (χ2n) is 7.31. The van der Waals surface area contributed by atoms with Gasteiger partial charge in [-0.1, -0.05) is 0 Å². The molecule has 1 aliphatic carbocycles. The quantitative estimate of drug-likeness (QED) is 0.487. The van der Waals surface area contributed by atoms with E-state index in [4.69, 9.17) is 19.2 Å². The van der Waals surface area contributed by atoms with E-state index in [2.05, 4.69) is 4.98 Å². The van der Waals surface area contributed by atoms with Gasteiger partial charge in [-0.15, -0.1) is 0 Å². The molecule has 0 spiro atoms. The molecule has 2 aromatic heterocycles. The molecule has 1 saturated carbocycles. The van der Waals surface area contributed by atoms with Gasteiger partial charge in [0.1, 0.15) is 23.6 Å². The van der Waals surface area contributed by atoms with Crippen LogP contribution in [-0.2, 0) is 27.9 Å². The van der Waals surface area contributed by atoms with Crippen LogP contribution >= 0.6 is 11.3 Å². The first-order chi connectivity index (χ1) is 14.4. The number of hydrogen-bond acceptors (Lipinski definition) is 8. The highest BCUT2D eigenvalue weighted by Gasteiger charge is 2.48. The number of ether oxygens (including phenoxy) is 3. The Balaban J connectivity index is 1.89. The van der Waals surface area contributed by atoms with Crippen LogP contribution in [0.25, 0.3) is 10.3 Å². The van der Waals surface area contributed by atoms with Gasteiger partial charge < -0.3 is 18.8 Å². The van der Waals surface area contributed by atoms with Gasteiger partial charge >= 0.3 is 4.34 Å². The molecular formula is C20H23N3O5S2. The van der Waals surface area contributed by atoms with Gasteiger partial charge in [-0.25, -0.2) is 4.98 Å². The van der Waals surface area contributed by atoms with E-state index in [9.17, 15) is 9.35 Å². The highest BCUT2D eigenvalue weighted by molar-refractivity contribution is 7.92. The third-order valence-electron chi connectivity index (χ3n) is 5.32. The van der Waals surface area contributed by atoms with Crippen LogP contribution in [0.1, 0.15) is 24.2 Å². The highest BCUT2D eigenvalue weighted by Crippen LogP contribution is 2.47. The lowest BCUT2D eigenvalue weighted by atomic mass is 10.1. The van der Waals surface area contributed by atoms with Gasteiger partial charge in [-0.3, -0.25) is 9.36 Å². The second kappa shape index (κ2) is 8.18. The van der Waals surface area contributed by atoms with Gasteiger partial charge in [-0.05, 0) is 36.3 Å². The molecule has 4 rings (SSSR count). The molecule has 160 valence electrons. The number of fused-ring (bicyclic) bond motifs is 1. The predicted octanol–water partition coefficient (Wildman–Crippen LogP) is 2.33. The fraction of sp³-hybridized carbons (Fsp3) is 0.450. The molecule has 1 aromatic carbocycles. The molecule has 1 fully saturated rings. The Kier molecular flexibility index (Phi) is 5.75. The Morgan fingerprint density at radius 1 is 1.23 bits per heavy atom. The van der Waals surface area contributed by atoms with Gasteiger partial charge in [0.2, 0.25) is 0 Å². The van der Waals surface area contributed by atoms with Gasteiger partial charge in [0.15, 0.2) is 10.3 Å². The normalized spacial score (nSPS) is 15.9. The van der Waals surface area contributed by atoms with E-state index in [1.165, 1.54) is 11.3 Å². The fourth-order valence-corrected chi connectivity index (χ4v) is 5.17. The molecule has 0 bridgehead atoms. The zero-order valence-electron chi connectivity index (χ0n) is 17.3. The lowest BCUT2D eigenvalue weighted by molar-refractivity contribution is 0.166. The molecule has 0 N–H and O–H groups in total. The summed E-state index contributed by atoms with van der Waals surface area (Å²) in [7, 11) is 4.83. The Morgan fingerprint density at radius 2 is 2.00 bits per heavy atom. The Morgan fingerprint density at radius 3 is 2.60 bits per heavy atom. The predicted molar refractivity (Wildman–Crippen MR) is 115 cm³/mol. The number of hydrogen-bond donors (Lipinski definition) is 0. The summed E-state index contributed by atoms with van der Waals surface area (Å²) >= 11 is -0.0726.